The predicted molar refractivity (Wildman–Crippen MR) is 34.6 cm³/mol. The van der Waals surface area contributed by atoms with Crippen molar-refractivity contribution in [3.8, 4) is 0 Å². The lowest BCUT2D eigenvalue weighted by Gasteiger charge is -1.99. The zero-order chi connectivity index (χ0) is 7.11. The van der Waals surface area contributed by atoms with Crippen LogP contribution >= 0.6 is 12.6 Å². The third kappa shape index (κ3) is 5.61. The quantitative estimate of drug-likeness (QED) is 0.218. The number of hydroxylamine groups is 1. The fourth-order valence-corrected chi connectivity index (χ4v) is 0.347. The summed E-state index contributed by atoms with van der Waals surface area (Å²) in [7, 11) is 0. The van der Waals surface area contributed by atoms with Gasteiger partial charge < -0.3 is 9.94 Å². The van der Waals surface area contributed by atoms with Crippen LogP contribution in [-0.2, 0) is 9.53 Å². The molecule has 2 N–H and O–H groups in total. The van der Waals surface area contributed by atoms with Crippen molar-refractivity contribution < 1.29 is 14.7 Å². The minimum atomic E-state index is -0.381. The predicted octanol–water partition coefficient (Wildman–Crippen LogP) is -0.562. The van der Waals surface area contributed by atoms with Crippen LogP contribution < -0.4 is 5.48 Å². The van der Waals surface area contributed by atoms with Crippen LogP contribution in [0.2, 0.25) is 0 Å². The van der Waals surface area contributed by atoms with Gasteiger partial charge in [-0.2, -0.15) is 12.6 Å². The van der Waals surface area contributed by atoms with Gasteiger partial charge >= 0.3 is 5.97 Å². The monoisotopic (exact) mass is 151 g/mol. The highest BCUT2D eigenvalue weighted by Crippen LogP contribution is 1.79. The second kappa shape index (κ2) is 5.87. The molecule has 0 fully saturated rings. The highest BCUT2D eigenvalue weighted by molar-refractivity contribution is 7.81. The minimum Gasteiger partial charge on any atom is -0.464 e. The molecule has 0 aliphatic heterocycles. The van der Waals surface area contributed by atoms with E-state index in [2.05, 4.69) is 17.4 Å². The lowest BCUT2D eigenvalue weighted by Crippen LogP contribution is -2.18. The van der Waals surface area contributed by atoms with E-state index in [1.807, 2.05) is 5.48 Å². The fourth-order valence-electron chi connectivity index (χ4n) is 0.256. The third-order valence-electron chi connectivity index (χ3n) is 0.606. The first kappa shape index (κ1) is 8.74. The van der Waals surface area contributed by atoms with Gasteiger partial charge in [-0.3, -0.25) is 4.79 Å². The second-order valence-electron chi connectivity index (χ2n) is 1.29. The molecule has 0 spiro atoms. The molecule has 0 atom stereocenters. The van der Waals surface area contributed by atoms with Gasteiger partial charge in [0.2, 0.25) is 0 Å². The van der Waals surface area contributed by atoms with Gasteiger partial charge in [0.1, 0.15) is 6.61 Å². The smallest absolute Gasteiger partial charge is 0.315 e. The van der Waals surface area contributed by atoms with Crippen LogP contribution in [0.25, 0.3) is 0 Å². The van der Waals surface area contributed by atoms with E-state index in [1.165, 1.54) is 0 Å². The van der Waals surface area contributed by atoms with E-state index in [0.717, 1.165) is 0 Å². The lowest BCUT2D eigenvalue weighted by atomic mass is 10.7. The largest absolute Gasteiger partial charge is 0.464 e. The van der Waals surface area contributed by atoms with E-state index in [9.17, 15) is 4.79 Å². The molecule has 0 saturated heterocycles. The number of hydrogen-bond acceptors (Lipinski definition) is 5. The maximum atomic E-state index is 10.3. The van der Waals surface area contributed by atoms with E-state index in [-0.39, 0.29) is 24.9 Å². The lowest BCUT2D eigenvalue weighted by molar-refractivity contribution is -0.140. The number of carbonyl (C=O) groups excluding carboxylic acids is 1. The summed E-state index contributed by atoms with van der Waals surface area (Å²) in [6.07, 6.45) is 0. The van der Waals surface area contributed by atoms with Crippen LogP contribution in [-0.4, -0.2) is 30.1 Å². The summed E-state index contributed by atoms with van der Waals surface area (Å²) in [6.45, 7) is 0.426. The summed E-state index contributed by atoms with van der Waals surface area (Å²) >= 11 is 3.66. The van der Waals surface area contributed by atoms with Crippen molar-refractivity contribution in [3.05, 3.63) is 0 Å². The van der Waals surface area contributed by atoms with Crippen molar-refractivity contribution in [1.29, 1.82) is 0 Å². The van der Waals surface area contributed by atoms with Gasteiger partial charge in [-0.15, -0.1) is 0 Å². The third-order valence-corrected chi connectivity index (χ3v) is 0.864. The van der Waals surface area contributed by atoms with Gasteiger partial charge in [-0.1, -0.05) is 0 Å². The van der Waals surface area contributed by atoms with Crippen LogP contribution in [0.1, 0.15) is 0 Å². The normalized spacial score (nSPS) is 9.11. The molecule has 0 aromatic carbocycles. The Morgan fingerprint density at radius 3 is 2.89 bits per heavy atom. The molecule has 0 bridgehead atoms. The van der Waals surface area contributed by atoms with Crippen LogP contribution in [0.3, 0.4) is 0 Å². The summed E-state index contributed by atoms with van der Waals surface area (Å²) in [4.78, 5) is 10.3. The van der Waals surface area contributed by atoms with Crippen LogP contribution in [0.5, 0.6) is 0 Å². The van der Waals surface area contributed by atoms with Crippen molar-refractivity contribution in [2.24, 2.45) is 0 Å². The molecular weight excluding hydrogens is 142 g/mol. The molecule has 0 unspecified atom stereocenters. The Morgan fingerprint density at radius 2 is 2.44 bits per heavy atom. The Kier molecular flexibility index (Phi) is 5.70. The summed E-state index contributed by atoms with van der Waals surface area (Å²) in [6, 6.07) is 0. The SMILES string of the molecule is O=C(CS)OCCNO. The van der Waals surface area contributed by atoms with Crippen molar-refractivity contribution in [3.63, 3.8) is 0 Å². The van der Waals surface area contributed by atoms with Crippen LogP contribution in [0, 0.1) is 0 Å². The van der Waals surface area contributed by atoms with E-state index in [0.29, 0.717) is 0 Å². The molecule has 9 heavy (non-hydrogen) atoms. The molecule has 0 radical (unpaired) electrons. The highest BCUT2D eigenvalue weighted by atomic mass is 32.1. The van der Waals surface area contributed by atoms with Gasteiger partial charge in [-0.25, -0.2) is 5.48 Å². The molecule has 0 aromatic rings. The molecule has 0 amide bonds. The standard InChI is InChI=1S/C4H9NO3S/c6-4(3-9)8-2-1-5-7/h5,7,9H,1-3H2. The van der Waals surface area contributed by atoms with E-state index < -0.39 is 0 Å². The first-order chi connectivity index (χ1) is 4.31. The van der Waals surface area contributed by atoms with Gasteiger partial charge in [-0.05, 0) is 0 Å². The van der Waals surface area contributed by atoms with Gasteiger partial charge in [0.05, 0.1) is 12.3 Å². The summed E-state index contributed by atoms with van der Waals surface area (Å²) in [5.41, 5.74) is 1.84. The maximum Gasteiger partial charge on any atom is 0.315 e. The van der Waals surface area contributed by atoms with E-state index >= 15 is 0 Å². The van der Waals surface area contributed by atoms with Gasteiger partial charge in [0.25, 0.3) is 0 Å². The Labute approximate surface area is 58.6 Å². The van der Waals surface area contributed by atoms with Gasteiger partial charge in [0.15, 0.2) is 0 Å². The van der Waals surface area contributed by atoms with Crippen LogP contribution in [0.4, 0.5) is 0 Å². The number of nitrogens with one attached hydrogen (secondary N) is 1. The molecule has 0 rings (SSSR count). The zero-order valence-corrected chi connectivity index (χ0v) is 5.73. The minimum absolute atomic E-state index is 0.0748. The number of rotatable bonds is 4. The number of thiol groups is 1. The Balaban J connectivity index is 2.97. The van der Waals surface area contributed by atoms with Crippen molar-refractivity contribution in [2.45, 2.75) is 0 Å². The van der Waals surface area contributed by atoms with Crippen molar-refractivity contribution in [2.75, 3.05) is 18.9 Å². The number of ether oxygens (including phenoxy) is 1. The average Bonchev–Trinajstić information content (AvgIpc) is 1.89. The van der Waals surface area contributed by atoms with Crippen molar-refractivity contribution in [1.82, 2.24) is 5.48 Å². The molecule has 0 aliphatic rings. The van der Waals surface area contributed by atoms with Gasteiger partial charge in [0, 0.05) is 0 Å². The van der Waals surface area contributed by atoms with E-state index in [1.54, 1.807) is 0 Å². The number of carbonyl (C=O) groups is 1. The van der Waals surface area contributed by atoms with E-state index in [4.69, 9.17) is 5.21 Å². The summed E-state index contributed by atoms with van der Waals surface area (Å²) in [5, 5.41) is 7.99. The molecule has 0 aliphatic carbocycles. The molecule has 0 saturated carbocycles. The molecule has 5 heteroatoms. The number of hydrogen-bond donors (Lipinski definition) is 3. The zero-order valence-electron chi connectivity index (χ0n) is 4.83. The average molecular weight is 151 g/mol. The summed E-state index contributed by atoms with van der Waals surface area (Å²) < 4.78 is 4.49. The molecule has 0 aromatic heterocycles. The maximum absolute atomic E-state index is 10.3. The molecule has 54 valence electrons. The Bertz CT molecular complexity index is 87.9. The number of esters is 1. The fraction of sp³-hybridized carbons (Fsp3) is 0.750. The van der Waals surface area contributed by atoms with Crippen LogP contribution in [0.15, 0.2) is 0 Å². The summed E-state index contributed by atoms with van der Waals surface area (Å²) in [5.74, 6) is -0.306. The molecule has 4 nitrogen and oxygen atoms in total. The van der Waals surface area contributed by atoms with Crippen molar-refractivity contribution >= 4 is 18.6 Å². The Morgan fingerprint density at radius 1 is 1.78 bits per heavy atom. The second-order valence-corrected chi connectivity index (χ2v) is 1.60. The topological polar surface area (TPSA) is 58.6 Å². The first-order valence-corrected chi connectivity index (χ1v) is 3.08. The highest BCUT2D eigenvalue weighted by Gasteiger charge is 1.95. The molecular formula is C4H9NO3S. The first-order valence-electron chi connectivity index (χ1n) is 2.44. The molecule has 0 heterocycles. The Hall–Kier alpha value is -0.260.